The second kappa shape index (κ2) is 5.04. The van der Waals surface area contributed by atoms with Crippen LogP contribution in [-0.2, 0) is 0 Å². The van der Waals surface area contributed by atoms with Crippen molar-refractivity contribution in [1.82, 2.24) is 4.98 Å². The summed E-state index contributed by atoms with van der Waals surface area (Å²) in [6.07, 6.45) is 1.97. The van der Waals surface area contributed by atoms with Crippen molar-refractivity contribution in [3.63, 3.8) is 0 Å². The van der Waals surface area contributed by atoms with E-state index in [1.165, 1.54) is 27.6 Å². The maximum Gasteiger partial charge on any atom is 0.0485 e. The summed E-state index contributed by atoms with van der Waals surface area (Å²) in [5.41, 5.74) is 6.34. The summed E-state index contributed by atoms with van der Waals surface area (Å²) in [6, 6.07) is 15.5. The van der Waals surface area contributed by atoms with Gasteiger partial charge in [0.25, 0.3) is 0 Å². The van der Waals surface area contributed by atoms with Crippen LogP contribution in [0.3, 0.4) is 0 Å². The van der Waals surface area contributed by atoms with E-state index in [0.717, 1.165) is 5.69 Å². The monoisotopic (exact) mass is 264 g/mol. The van der Waals surface area contributed by atoms with Crippen molar-refractivity contribution in [2.75, 3.05) is 5.32 Å². The smallest absolute Gasteiger partial charge is 0.0485 e. The fraction of sp³-hybridized carbons (Fsp3) is 0.222. The third-order valence-electron chi connectivity index (χ3n) is 3.97. The molecule has 0 amide bonds. The van der Waals surface area contributed by atoms with Crippen LogP contribution in [0.25, 0.3) is 10.9 Å². The summed E-state index contributed by atoms with van der Waals surface area (Å²) in [7, 11) is 0. The second-order valence-electron chi connectivity index (χ2n) is 5.49. The van der Waals surface area contributed by atoms with Gasteiger partial charge in [0.05, 0.1) is 0 Å². The first-order chi connectivity index (χ1) is 9.63. The molecule has 1 aromatic heterocycles. The standard InChI is InChI=1S/C18H20N2/c1-12-4-5-15(10-13(12)2)14(3)20-17-6-7-18-16(11-17)8-9-19-18/h4-11,14,19-20H,1-3H3. The molecule has 2 N–H and O–H groups in total. The molecule has 0 fully saturated rings. The Labute approximate surface area is 119 Å². The van der Waals surface area contributed by atoms with Crippen LogP contribution < -0.4 is 5.32 Å². The fourth-order valence-corrected chi connectivity index (χ4v) is 2.51. The van der Waals surface area contributed by atoms with Crippen LogP contribution in [0, 0.1) is 13.8 Å². The van der Waals surface area contributed by atoms with E-state index in [1.807, 2.05) is 6.20 Å². The number of hydrogen-bond acceptors (Lipinski definition) is 1. The predicted molar refractivity (Wildman–Crippen MR) is 86.3 cm³/mol. The van der Waals surface area contributed by atoms with Crippen molar-refractivity contribution in [3.8, 4) is 0 Å². The number of rotatable bonds is 3. The third-order valence-corrected chi connectivity index (χ3v) is 3.97. The van der Waals surface area contributed by atoms with E-state index in [0.29, 0.717) is 6.04 Å². The Kier molecular flexibility index (Phi) is 3.23. The Bertz CT molecular complexity index is 740. The molecule has 2 aromatic carbocycles. The SMILES string of the molecule is Cc1ccc(C(C)Nc2ccc3[nH]ccc3c2)cc1C. The highest BCUT2D eigenvalue weighted by Crippen LogP contribution is 2.24. The minimum atomic E-state index is 0.297. The van der Waals surface area contributed by atoms with Crippen molar-refractivity contribution >= 4 is 16.6 Å². The number of hydrogen-bond donors (Lipinski definition) is 2. The van der Waals surface area contributed by atoms with Gasteiger partial charge in [0, 0.05) is 28.8 Å². The normalized spacial score (nSPS) is 12.6. The van der Waals surface area contributed by atoms with Crippen LogP contribution in [0.4, 0.5) is 5.69 Å². The summed E-state index contributed by atoms with van der Waals surface area (Å²) < 4.78 is 0. The van der Waals surface area contributed by atoms with E-state index in [4.69, 9.17) is 0 Å². The quantitative estimate of drug-likeness (QED) is 0.687. The zero-order chi connectivity index (χ0) is 14.1. The molecule has 0 radical (unpaired) electrons. The number of H-pyrrole nitrogens is 1. The number of benzene rings is 2. The van der Waals surface area contributed by atoms with Crippen LogP contribution in [0.15, 0.2) is 48.7 Å². The van der Waals surface area contributed by atoms with E-state index in [2.05, 4.69) is 73.5 Å². The number of aryl methyl sites for hydroxylation is 2. The topological polar surface area (TPSA) is 27.8 Å². The maximum atomic E-state index is 3.57. The first-order valence-electron chi connectivity index (χ1n) is 7.04. The van der Waals surface area contributed by atoms with E-state index >= 15 is 0 Å². The number of aromatic amines is 1. The van der Waals surface area contributed by atoms with Crippen LogP contribution in [0.1, 0.15) is 29.7 Å². The molecule has 0 aliphatic rings. The van der Waals surface area contributed by atoms with E-state index in [-0.39, 0.29) is 0 Å². The summed E-state index contributed by atoms with van der Waals surface area (Å²) >= 11 is 0. The Hall–Kier alpha value is -2.22. The molecule has 1 heterocycles. The first kappa shape index (κ1) is 12.8. The number of anilines is 1. The molecule has 1 atom stereocenters. The highest BCUT2D eigenvalue weighted by atomic mass is 14.9. The summed E-state index contributed by atoms with van der Waals surface area (Å²) in [5, 5.41) is 4.81. The molecule has 0 saturated heterocycles. The van der Waals surface area contributed by atoms with Crippen molar-refractivity contribution in [2.24, 2.45) is 0 Å². The Morgan fingerprint density at radius 2 is 1.80 bits per heavy atom. The third kappa shape index (κ3) is 2.42. The van der Waals surface area contributed by atoms with E-state index in [9.17, 15) is 0 Å². The van der Waals surface area contributed by atoms with Crippen LogP contribution >= 0.6 is 0 Å². The minimum absolute atomic E-state index is 0.297. The maximum absolute atomic E-state index is 3.57. The molecule has 0 bridgehead atoms. The average molecular weight is 264 g/mol. The van der Waals surface area contributed by atoms with Crippen molar-refractivity contribution in [3.05, 3.63) is 65.4 Å². The highest BCUT2D eigenvalue weighted by Gasteiger charge is 2.07. The molecule has 1 unspecified atom stereocenters. The van der Waals surface area contributed by atoms with E-state index < -0.39 is 0 Å². The number of fused-ring (bicyclic) bond motifs is 1. The van der Waals surface area contributed by atoms with Gasteiger partial charge in [0.15, 0.2) is 0 Å². The zero-order valence-electron chi connectivity index (χ0n) is 12.2. The van der Waals surface area contributed by atoms with Gasteiger partial charge < -0.3 is 10.3 Å². The lowest BCUT2D eigenvalue weighted by atomic mass is 10.0. The predicted octanol–water partition coefficient (Wildman–Crippen LogP) is 4.96. The second-order valence-corrected chi connectivity index (χ2v) is 5.49. The van der Waals surface area contributed by atoms with Gasteiger partial charge in [-0.15, -0.1) is 0 Å². The van der Waals surface area contributed by atoms with Crippen LogP contribution in [0.2, 0.25) is 0 Å². The lowest BCUT2D eigenvalue weighted by Gasteiger charge is -2.17. The molecule has 20 heavy (non-hydrogen) atoms. The molecule has 102 valence electrons. The van der Waals surface area contributed by atoms with Crippen molar-refractivity contribution < 1.29 is 0 Å². The van der Waals surface area contributed by atoms with Gasteiger partial charge in [-0.3, -0.25) is 0 Å². The Morgan fingerprint density at radius 3 is 2.60 bits per heavy atom. The summed E-state index contributed by atoms with van der Waals surface area (Å²) in [6.45, 7) is 6.51. The van der Waals surface area contributed by atoms with Crippen LogP contribution in [0.5, 0.6) is 0 Å². The van der Waals surface area contributed by atoms with Crippen molar-refractivity contribution in [2.45, 2.75) is 26.8 Å². The Balaban J connectivity index is 1.83. The fourth-order valence-electron chi connectivity index (χ4n) is 2.51. The highest BCUT2D eigenvalue weighted by molar-refractivity contribution is 5.83. The lowest BCUT2D eigenvalue weighted by molar-refractivity contribution is 0.882. The van der Waals surface area contributed by atoms with Crippen molar-refractivity contribution in [1.29, 1.82) is 0 Å². The largest absolute Gasteiger partial charge is 0.379 e. The van der Waals surface area contributed by atoms with Gasteiger partial charge >= 0.3 is 0 Å². The molecule has 0 saturated carbocycles. The average Bonchev–Trinajstić information content (AvgIpc) is 2.89. The molecule has 3 aromatic rings. The van der Waals surface area contributed by atoms with Gasteiger partial charge in [0.2, 0.25) is 0 Å². The Morgan fingerprint density at radius 1 is 0.950 bits per heavy atom. The molecule has 2 heteroatoms. The van der Waals surface area contributed by atoms with Gasteiger partial charge in [0.1, 0.15) is 0 Å². The minimum Gasteiger partial charge on any atom is -0.379 e. The first-order valence-corrected chi connectivity index (χ1v) is 7.04. The van der Waals surface area contributed by atoms with Gasteiger partial charge in [-0.1, -0.05) is 18.2 Å². The lowest BCUT2D eigenvalue weighted by Crippen LogP contribution is -2.06. The zero-order valence-corrected chi connectivity index (χ0v) is 12.2. The number of aromatic nitrogens is 1. The molecule has 2 nitrogen and oxygen atoms in total. The molecular weight excluding hydrogens is 244 g/mol. The molecule has 0 spiro atoms. The summed E-state index contributed by atoms with van der Waals surface area (Å²) in [4.78, 5) is 3.22. The molecule has 3 rings (SSSR count). The molecular formula is C18H20N2. The van der Waals surface area contributed by atoms with Crippen LogP contribution in [-0.4, -0.2) is 4.98 Å². The molecule has 0 aliphatic heterocycles. The molecule has 0 aliphatic carbocycles. The van der Waals surface area contributed by atoms with Gasteiger partial charge in [-0.25, -0.2) is 0 Å². The summed E-state index contributed by atoms with van der Waals surface area (Å²) in [5.74, 6) is 0. The van der Waals surface area contributed by atoms with E-state index in [1.54, 1.807) is 0 Å². The van der Waals surface area contributed by atoms with Gasteiger partial charge in [-0.2, -0.15) is 0 Å². The van der Waals surface area contributed by atoms with Gasteiger partial charge in [-0.05, 0) is 61.7 Å². The number of nitrogens with one attached hydrogen (secondary N) is 2.